The molecule has 0 spiro atoms. The predicted molar refractivity (Wildman–Crippen MR) is 64.2 cm³/mol. The fourth-order valence-corrected chi connectivity index (χ4v) is 2.79. The summed E-state index contributed by atoms with van der Waals surface area (Å²) in [6.07, 6.45) is 2.70. The Morgan fingerprint density at radius 1 is 1.00 bits per heavy atom. The Bertz CT molecular complexity index is 179. The van der Waals surface area contributed by atoms with Crippen molar-refractivity contribution < 1.29 is 0 Å². The van der Waals surface area contributed by atoms with Crippen molar-refractivity contribution >= 4 is 0 Å². The molecule has 3 heteroatoms. The maximum atomic E-state index is 3.44. The van der Waals surface area contributed by atoms with Gasteiger partial charge < -0.3 is 5.32 Å². The summed E-state index contributed by atoms with van der Waals surface area (Å²) >= 11 is 0. The van der Waals surface area contributed by atoms with E-state index >= 15 is 0 Å². The van der Waals surface area contributed by atoms with Gasteiger partial charge in [-0.3, -0.25) is 9.80 Å². The van der Waals surface area contributed by atoms with Crippen LogP contribution < -0.4 is 5.32 Å². The summed E-state index contributed by atoms with van der Waals surface area (Å²) in [5, 5.41) is 3.44. The average Bonchev–Trinajstić information content (AvgIpc) is 2.30. The van der Waals surface area contributed by atoms with Gasteiger partial charge >= 0.3 is 0 Å². The minimum absolute atomic E-state index is 0.722. The molecule has 0 aromatic carbocycles. The van der Waals surface area contributed by atoms with Gasteiger partial charge in [0.2, 0.25) is 0 Å². The number of nitrogens with zero attached hydrogens (tertiary/aromatic N) is 2. The SMILES string of the molecule is CC(C)N1CCN(C2CCNCC2)CC1. The lowest BCUT2D eigenvalue weighted by Crippen LogP contribution is -2.54. The summed E-state index contributed by atoms with van der Waals surface area (Å²) in [6.45, 7) is 12.1. The van der Waals surface area contributed by atoms with E-state index in [1.807, 2.05) is 0 Å². The molecule has 88 valence electrons. The van der Waals surface area contributed by atoms with Crippen LogP contribution in [-0.4, -0.2) is 61.2 Å². The van der Waals surface area contributed by atoms with Crippen molar-refractivity contribution in [1.29, 1.82) is 0 Å². The average molecular weight is 211 g/mol. The Labute approximate surface area is 93.8 Å². The minimum Gasteiger partial charge on any atom is -0.317 e. The lowest BCUT2D eigenvalue weighted by molar-refractivity contribution is 0.0669. The van der Waals surface area contributed by atoms with E-state index in [2.05, 4.69) is 29.0 Å². The molecule has 0 saturated carbocycles. The van der Waals surface area contributed by atoms with Crippen LogP contribution in [0.1, 0.15) is 26.7 Å². The molecule has 0 aromatic rings. The molecule has 2 aliphatic heterocycles. The van der Waals surface area contributed by atoms with Gasteiger partial charge in [-0.05, 0) is 39.8 Å². The highest BCUT2D eigenvalue weighted by Gasteiger charge is 2.25. The molecule has 0 amide bonds. The smallest absolute Gasteiger partial charge is 0.0120 e. The zero-order chi connectivity index (χ0) is 10.7. The first-order valence-electron chi connectivity index (χ1n) is 6.46. The molecule has 0 unspecified atom stereocenters. The second kappa shape index (κ2) is 5.28. The fourth-order valence-electron chi connectivity index (χ4n) is 2.79. The number of hydrogen-bond donors (Lipinski definition) is 1. The number of rotatable bonds is 2. The van der Waals surface area contributed by atoms with Crippen LogP contribution in [0.15, 0.2) is 0 Å². The van der Waals surface area contributed by atoms with E-state index in [0.717, 1.165) is 12.1 Å². The first kappa shape index (κ1) is 11.4. The molecule has 3 nitrogen and oxygen atoms in total. The summed E-state index contributed by atoms with van der Waals surface area (Å²) in [5.74, 6) is 0. The third-order valence-electron chi connectivity index (χ3n) is 3.90. The molecular weight excluding hydrogens is 186 g/mol. The normalized spacial score (nSPS) is 27.4. The number of nitrogens with one attached hydrogen (secondary N) is 1. The zero-order valence-electron chi connectivity index (χ0n) is 10.2. The van der Waals surface area contributed by atoms with Gasteiger partial charge in [-0.1, -0.05) is 0 Å². The summed E-state index contributed by atoms with van der Waals surface area (Å²) in [4.78, 5) is 5.30. The first-order chi connectivity index (χ1) is 7.27. The number of piperidine rings is 1. The van der Waals surface area contributed by atoms with Gasteiger partial charge in [-0.25, -0.2) is 0 Å². The van der Waals surface area contributed by atoms with Crippen molar-refractivity contribution in [2.24, 2.45) is 0 Å². The highest BCUT2D eigenvalue weighted by atomic mass is 15.3. The van der Waals surface area contributed by atoms with Gasteiger partial charge in [0.05, 0.1) is 0 Å². The lowest BCUT2D eigenvalue weighted by atomic mass is 10.0. The topological polar surface area (TPSA) is 18.5 Å². The van der Waals surface area contributed by atoms with Crippen LogP contribution in [0.3, 0.4) is 0 Å². The molecule has 2 rings (SSSR count). The monoisotopic (exact) mass is 211 g/mol. The Morgan fingerprint density at radius 3 is 2.13 bits per heavy atom. The van der Waals surface area contributed by atoms with E-state index in [1.165, 1.54) is 52.1 Å². The van der Waals surface area contributed by atoms with E-state index in [0.29, 0.717) is 0 Å². The number of piperazine rings is 1. The van der Waals surface area contributed by atoms with Gasteiger partial charge in [-0.2, -0.15) is 0 Å². The van der Waals surface area contributed by atoms with Crippen LogP contribution >= 0.6 is 0 Å². The minimum atomic E-state index is 0.722. The molecule has 1 N–H and O–H groups in total. The van der Waals surface area contributed by atoms with Crippen molar-refractivity contribution in [1.82, 2.24) is 15.1 Å². The molecule has 0 aromatic heterocycles. The van der Waals surface area contributed by atoms with Gasteiger partial charge in [0.1, 0.15) is 0 Å². The van der Waals surface area contributed by atoms with Crippen molar-refractivity contribution in [3.8, 4) is 0 Å². The third kappa shape index (κ3) is 2.92. The predicted octanol–water partition coefficient (Wildman–Crippen LogP) is 0.764. The highest BCUT2D eigenvalue weighted by Crippen LogP contribution is 2.15. The van der Waals surface area contributed by atoms with Crippen LogP contribution in [0.2, 0.25) is 0 Å². The molecule has 0 radical (unpaired) electrons. The third-order valence-corrected chi connectivity index (χ3v) is 3.90. The fraction of sp³-hybridized carbons (Fsp3) is 1.00. The molecular formula is C12H25N3. The highest BCUT2D eigenvalue weighted by molar-refractivity contribution is 4.82. The van der Waals surface area contributed by atoms with Crippen LogP contribution in [0.5, 0.6) is 0 Å². The zero-order valence-corrected chi connectivity index (χ0v) is 10.2. The Morgan fingerprint density at radius 2 is 1.60 bits per heavy atom. The molecule has 2 fully saturated rings. The van der Waals surface area contributed by atoms with Crippen LogP contribution in [-0.2, 0) is 0 Å². The van der Waals surface area contributed by atoms with E-state index in [1.54, 1.807) is 0 Å². The van der Waals surface area contributed by atoms with Crippen molar-refractivity contribution in [3.63, 3.8) is 0 Å². The molecule has 0 atom stereocenters. The van der Waals surface area contributed by atoms with E-state index in [9.17, 15) is 0 Å². The molecule has 0 bridgehead atoms. The molecule has 15 heavy (non-hydrogen) atoms. The van der Waals surface area contributed by atoms with Gasteiger partial charge in [0.25, 0.3) is 0 Å². The van der Waals surface area contributed by atoms with Crippen molar-refractivity contribution in [2.45, 2.75) is 38.8 Å². The quantitative estimate of drug-likeness (QED) is 0.728. The standard InChI is InChI=1S/C12H25N3/c1-11(2)14-7-9-15(10-8-14)12-3-5-13-6-4-12/h11-13H,3-10H2,1-2H3. The largest absolute Gasteiger partial charge is 0.317 e. The second-order valence-electron chi connectivity index (χ2n) is 5.15. The van der Waals surface area contributed by atoms with Gasteiger partial charge in [-0.15, -0.1) is 0 Å². The van der Waals surface area contributed by atoms with Crippen LogP contribution in [0.4, 0.5) is 0 Å². The van der Waals surface area contributed by atoms with Crippen LogP contribution in [0.25, 0.3) is 0 Å². The van der Waals surface area contributed by atoms with Gasteiger partial charge in [0, 0.05) is 38.3 Å². The Kier molecular flexibility index (Phi) is 4.00. The van der Waals surface area contributed by atoms with Crippen molar-refractivity contribution in [2.75, 3.05) is 39.3 Å². The van der Waals surface area contributed by atoms with E-state index in [-0.39, 0.29) is 0 Å². The summed E-state index contributed by atoms with van der Waals surface area (Å²) in [6, 6.07) is 1.58. The summed E-state index contributed by atoms with van der Waals surface area (Å²) in [5.41, 5.74) is 0. The van der Waals surface area contributed by atoms with Crippen LogP contribution in [0, 0.1) is 0 Å². The lowest BCUT2D eigenvalue weighted by Gasteiger charge is -2.42. The summed E-state index contributed by atoms with van der Waals surface area (Å²) < 4.78 is 0. The van der Waals surface area contributed by atoms with E-state index < -0.39 is 0 Å². The molecule has 0 aliphatic carbocycles. The summed E-state index contributed by atoms with van der Waals surface area (Å²) in [7, 11) is 0. The van der Waals surface area contributed by atoms with Crippen molar-refractivity contribution in [3.05, 3.63) is 0 Å². The Hall–Kier alpha value is -0.120. The Balaban J connectivity index is 1.77. The molecule has 2 saturated heterocycles. The number of hydrogen-bond acceptors (Lipinski definition) is 3. The first-order valence-corrected chi connectivity index (χ1v) is 6.46. The maximum absolute atomic E-state index is 3.44. The van der Waals surface area contributed by atoms with Gasteiger partial charge in [0.15, 0.2) is 0 Å². The second-order valence-corrected chi connectivity index (χ2v) is 5.15. The maximum Gasteiger partial charge on any atom is 0.0120 e. The molecule has 2 heterocycles. The van der Waals surface area contributed by atoms with E-state index in [4.69, 9.17) is 0 Å². The molecule has 2 aliphatic rings.